The predicted molar refractivity (Wildman–Crippen MR) is 53.2 cm³/mol. The molecule has 0 saturated carbocycles. The summed E-state index contributed by atoms with van der Waals surface area (Å²) in [5, 5.41) is 0. The number of hydrogen-bond acceptors (Lipinski definition) is 2. The van der Waals surface area contributed by atoms with Gasteiger partial charge in [0.25, 0.3) is 0 Å². The Balaban J connectivity index is 3.44. The smallest absolute Gasteiger partial charge is 0.405 e. The molecule has 0 atom stereocenters. The largest absolute Gasteiger partial charge is 0.573 e. The van der Waals surface area contributed by atoms with E-state index in [1.54, 1.807) is 0 Å². The van der Waals surface area contributed by atoms with Crippen LogP contribution in [0.2, 0.25) is 0 Å². The number of halogens is 7. The summed E-state index contributed by atoms with van der Waals surface area (Å²) >= 11 is 5.11. The van der Waals surface area contributed by atoms with Crippen LogP contribution in [0.1, 0.15) is 15.9 Å². The molecule has 0 amide bonds. The first kappa shape index (κ1) is 15.6. The van der Waals surface area contributed by atoms with Crippen LogP contribution in [0.15, 0.2) is 18.2 Å². The van der Waals surface area contributed by atoms with Gasteiger partial charge < -0.3 is 4.74 Å². The van der Waals surface area contributed by atoms with E-state index >= 15 is 0 Å². The van der Waals surface area contributed by atoms with Gasteiger partial charge in [0.2, 0.25) is 0 Å². The molecule has 1 aromatic rings. The molecule has 1 aromatic carbocycles. The summed E-state index contributed by atoms with van der Waals surface area (Å²) < 4.78 is 77.6. The molecule has 0 bridgehead atoms. The molecule has 0 unspecified atom stereocenters. The second-order valence-corrected chi connectivity index (χ2v) is 3.55. The second kappa shape index (κ2) is 5.28. The summed E-state index contributed by atoms with van der Waals surface area (Å²) in [5.74, 6) is -3.43. The third-order valence-corrected chi connectivity index (χ3v) is 2.20. The van der Waals surface area contributed by atoms with E-state index in [1.807, 2.05) is 0 Å². The molecule has 0 aliphatic carbocycles. The van der Waals surface area contributed by atoms with E-state index in [0.717, 1.165) is 12.1 Å². The summed E-state index contributed by atoms with van der Waals surface area (Å²) in [6, 6.07) is 2.05. The van der Waals surface area contributed by atoms with E-state index in [1.165, 1.54) is 0 Å². The lowest BCUT2D eigenvalue weighted by atomic mass is 10.0. The van der Waals surface area contributed by atoms with Crippen LogP contribution < -0.4 is 4.74 Å². The standard InChI is InChI=1S/C10H5ClF6O2/c11-4-6(18)5-2-1-3-7(19-10(15,16)17)8(5)9(12,13)14/h1-3H,4H2. The molecule has 9 heteroatoms. The molecule has 106 valence electrons. The number of rotatable bonds is 3. The molecule has 0 N–H and O–H groups in total. The zero-order valence-corrected chi connectivity index (χ0v) is 9.66. The third kappa shape index (κ3) is 4.02. The Hall–Kier alpha value is -1.44. The minimum absolute atomic E-state index is 0.474. The fourth-order valence-electron chi connectivity index (χ4n) is 1.34. The van der Waals surface area contributed by atoms with Gasteiger partial charge in [0.15, 0.2) is 5.78 Å². The van der Waals surface area contributed by atoms with Crippen LogP contribution in [0, 0.1) is 0 Å². The predicted octanol–water partition coefficient (Wildman–Crippen LogP) is 4.03. The van der Waals surface area contributed by atoms with Gasteiger partial charge in [-0.25, -0.2) is 0 Å². The highest BCUT2D eigenvalue weighted by atomic mass is 35.5. The van der Waals surface area contributed by atoms with Gasteiger partial charge in [-0.2, -0.15) is 13.2 Å². The molecule has 0 aliphatic rings. The van der Waals surface area contributed by atoms with Crippen molar-refractivity contribution >= 4 is 17.4 Å². The summed E-state index contributed by atoms with van der Waals surface area (Å²) in [6.07, 6.45) is -10.5. The SMILES string of the molecule is O=C(CCl)c1cccc(OC(F)(F)F)c1C(F)(F)F. The van der Waals surface area contributed by atoms with Crippen molar-refractivity contribution in [1.82, 2.24) is 0 Å². The average molecular weight is 307 g/mol. The Morgan fingerprint density at radius 1 is 1.16 bits per heavy atom. The van der Waals surface area contributed by atoms with Crippen LogP contribution in [0.4, 0.5) is 26.3 Å². The summed E-state index contributed by atoms with van der Waals surface area (Å²) in [5.41, 5.74) is -2.76. The lowest BCUT2D eigenvalue weighted by Crippen LogP contribution is -2.22. The molecule has 19 heavy (non-hydrogen) atoms. The zero-order valence-electron chi connectivity index (χ0n) is 8.90. The topological polar surface area (TPSA) is 26.3 Å². The number of Topliss-reactive ketones (excluding diaryl/α,β-unsaturated/α-hetero) is 1. The van der Waals surface area contributed by atoms with Crippen LogP contribution in [0.25, 0.3) is 0 Å². The molecular weight excluding hydrogens is 302 g/mol. The van der Waals surface area contributed by atoms with E-state index in [-0.39, 0.29) is 0 Å². The molecule has 0 radical (unpaired) electrons. The molecule has 0 aromatic heterocycles. The molecular formula is C10H5ClF6O2. The molecule has 0 spiro atoms. The van der Waals surface area contributed by atoms with Crippen molar-refractivity contribution in [1.29, 1.82) is 0 Å². The molecule has 1 rings (SSSR count). The van der Waals surface area contributed by atoms with E-state index in [4.69, 9.17) is 11.6 Å². The molecule has 2 nitrogen and oxygen atoms in total. The number of ketones is 1. The van der Waals surface area contributed by atoms with Crippen molar-refractivity contribution in [2.24, 2.45) is 0 Å². The van der Waals surface area contributed by atoms with Gasteiger partial charge in [-0.3, -0.25) is 4.79 Å². The first-order valence-corrected chi connectivity index (χ1v) is 5.15. The number of carbonyl (C=O) groups is 1. The number of benzene rings is 1. The van der Waals surface area contributed by atoms with Gasteiger partial charge in [0.1, 0.15) is 11.3 Å². The van der Waals surface area contributed by atoms with Crippen molar-refractivity contribution in [3.63, 3.8) is 0 Å². The monoisotopic (exact) mass is 306 g/mol. The number of hydrogen-bond donors (Lipinski definition) is 0. The highest BCUT2D eigenvalue weighted by Gasteiger charge is 2.42. The fraction of sp³-hybridized carbons (Fsp3) is 0.300. The van der Waals surface area contributed by atoms with Gasteiger partial charge in [-0.15, -0.1) is 24.8 Å². The van der Waals surface area contributed by atoms with Crippen molar-refractivity contribution < 1.29 is 35.9 Å². The van der Waals surface area contributed by atoms with Crippen LogP contribution in [0.3, 0.4) is 0 Å². The van der Waals surface area contributed by atoms with Crippen molar-refractivity contribution in [3.8, 4) is 5.75 Å². The maximum atomic E-state index is 12.7. The van der Waals surface area contributed by atoms with E-state index in [0.29, 0.717) is 6.07 Å². The molecule has 0 aliphatic heterocycles. The number of alkyl halides is 7. The van der Waals surface area contributed by atoms with Crippen molar-refractivity contribution in [3.05, 3.63) is 29.3 Å². The van der Waals surface area contributed by atoms with Crippen LogP contribution in [0.5, 0.6) is 5.75 Å². The Bertz CT molecular complexity index is 480. The molecule has 0 fully saturated rings. The summed E-state index contributed by atoms with van der Waals surface area (Å²) in [6.45, 7) is 0. The van der Waals surface area contributed by atoms with Gasteiger partial charge in [-0.1, -0.05) is 12.1 Å². The average Bonchev–Trinajstić information content (AvgIpc) is 2.23. The second-order valence-electron chi connectivity index (χ2n) is 3.28. The first-order chi connectivity index (χ1) is 8.56. The van der Waals surface area contributed by atoms with Crippen LogP contribution in [-0.2, 0) is 6.18 Å². The highest BCUT2D eigenvalue weighted by Crippen LogP contribution is 2.40. The lowest BCUT2D eigenvalue weighted by molar-refractivity contribution is -0.276. The minimum Gasteiger partial charge on any atom is -0.405 e. The fourth-order valence-corrected chi connectivity index (χ4v) is 1.48. The van der Waals surface area contributed by atoms with Crippen LogP contribution in [-0.4, -0.2) is 18.0 Å². The summed E-state index contributed by atoms with van der Waals surface area (Å²) in [4.78, 5) is 11.2. The van der Waals surface area contributed by atoms with Crippen LogP contribution >= 0.6 is 11.6 Å². The maximum absolute atomic E-state index is 12.7. The van der Waals surface area contributed by atoms with Gasteiger partial charge in [-0.05, 0) is 6.07 Å². The highest BCUT2D eigenvalue weighted by molar-refractivity contribution is 6.30. The molecule has 0 saturated heterocycles. The van der Waals surface area contributed by atoms with E-state index < -0.39 is 41.1 Å². The van der Waals surface area contributed by atoms with Crippen molar-refractivity contribution in [2.75, 3.05) is 5.88 Å². The Labute approximate surface area is 107 Å². The van der Waals surface area contributed by atoms with E-state index in [9.17, 15) is 31.1 Å². The third-order valence-electron chi connectivity index (χ3n) is 1.96. The summed E-state index contributed by atoms with van der Waals surface area (Å²) in [7, 11) is 0. The lowest BCUT2D eigenvalue weighted by Gasteiger charge is -2.17. The Morgan fingerprint density at radius 2 is 1.74 bits per heavy atom. The first-order valence-electron chi connectivity index (χ1n) is 4.61. The van der Waals surface area contributed by atoms with Gasteiger partial charge in [0.05, 0.1) is 5.88 Å². The Kier molecular flexibility index (Phi) is 4.34. The normalized spacial score (nSPS) is 12.4. The van der Waals surface area contributed by atoms with Crippen molar-refractivity contribution in [2.45, 2.75) is 12.5 Å². The van der Waals surface area contributed by atoms with E-state index in [2.05, 4.69) is 4.74 Å². The number of carbonyl (C=O) groups excluding carboxylic acids is 1. The minimum atomic E-state index is -5.30. The maximum Gasteiger partial charge on any atom is 0.573 e. The Morgan fingerprint density at radius 3 is 2.16 bits per heavy atom. The van der Waals surface area contributed by atoms with Gasteiger partial charge in [0, 0.05) is 5.56 Å². The quantitative estimate of drug-likeness (QED) is 0.479. The zero-order chi connectivity index (χ0) is 14.8. The number of ether oxygens (including phenoxy) is 1. The molecule has 0 heterocycles. The van der Waals surface area contributed by atoms with Gasteiger partial charge >= 0.3 is 12.5 Å².